The van der Waals surface area contributed by atoms with Gasteiger partial charge in [0.05, 0.1) is 6.20 Å². The lowest BCUT2D eigenvalue weighted by Crippen LogP contribution is -2.40. The molecular formula is C22H20N6O2S. The standard InChI is InChI=1S/C22H20N6O2S/c29-22(18-14-31-21(25-18)16-6-2-1-3-7-16)28-10-4-5-15(13-28)11-19-26-20(27-30-19)17-12-23-8-9-24-17/h1-3,6-9,12,14-15H,4-5,10-11,13H2. The zero-order valence-corrected chi connectivity index (χ0v) is 17.5. The van der Waals surface area contributed by atoms with Crippen molar-refractivity contribution in [2.45, 2.75) is 19.3 Å². The highest BCUT2D eigenvalue weighted by atomic mass is 32.1. The molecule has 5 rings (SSSR count). The summed E-state index contributed by atoms with van der Waals surface area (Å²) in [5, 5.41) is 6.72. The topological polar surface area (TPSA) is 97.9 Å². The summed E-state index contributed by atoms with van der Waals surface area (Å²) in [7, 11) is 0. The van der Waals surface area contributed by atoms with Gasteiger partial charge in [-0.3, -0.25) is 9.78 Å². The van der Waals surface area contributed by atoms with E-state index in [0.29, 0.717) is 36.1 Å². The molecule has 1 aliphatic rings. The molecule has 31 heavy (non-hydrogen) atoms. The lowest BCUT2D eigenvalue weighted by atomic mass is 9.94. The van der Waals surface area contributed by atoms with Gasteiger partial charge < -0.3 is 9.42 Å². The van der Waals surface area contributed by atoms with Crippen LogP contribution >= 0.6 is 11.3 Å². The van der Waals surface area contributed by atoms with Crippen LogP contribution < -0.4 is 0 Å². The van der Waals surface area contributed by atoms with Gasteiger partial charge in [0.2, 0.25) is 11.7 Å². The zero-order chi connectivity index (χ0) is 21.0. The predicted octanol–water partition coefficient (Wildman–Crippen LogP) is 3.75. The summed E-state index contributed by atoms with van der Waals surface area (Å²) in [6.07, 6.45) is 7.38. The van der Waals surface area contributed by atoms with Crippen molar-refractivity contribution in [3.63, 3.8) is 0 Å². The van der Waals surface area contributed by atoms with Crippen molar-refractivity contribution >= 4 is 17.2 Å². The molecule has 0 saturated carbocycles. The van der Waals surface area contributed by atoms with E-state index in [1.165, 1.54) is 11.3 Å². The predicted molar refractivity (Wildman–Crippen MR) is 115 cm³/mol. The minimum atomic E-state index is -0.0195. The first-order valence-electron chi connectivity index (χ1n) is 10.2. The van der Waals surface area contributed by atoms with Crippen LogP contribution in [0.4, 0.5) is 0 Å². The fourth-order valence-electron chi connectivity index (χ4n) is 3.77. The molecule has 9 heteroatoms. The summed E-state index contributed by atoms with van der Waals surface area (Å²) < 4.78 is 5.41. The van der Waals surface area contributed by atoms with E-state index in [-0.39, 0.29) is 11.8 Å². The highest BCUT2D eigenvalue weighted by Gasteiger charge is 2.27. The molecule has 1 atom stereocenters. The first kappa shape index (κ1) is 19.5. The molecule has 1 aromatic carbocycles. The molecule has 0 bridgehead atoms. The Morgan fingerprint density at radius 1 is 1.19 bits per heavy atom. The van der Waals surface area contributed by atoms with Gasteiger partial charge in [0.25, 0.3) is 5.91 Å². The minimum Gasteiger partial charge on any atom is -0.339 e. The number of likely N-dealkylation sites (tertiary alicyclic amines) is 1. The van der Waals surface area contributed by atoms with Crippen LogP contribution in [0.2, 0.25) is 0 Å². The van der Waals surface area contributed by atoms with Crippen LogP contribution in [-0.4, -0.2) is 49.0 Å². The molecule has 1 amide bonds. The van der Waals surface area contributed by atoms with Crippen molar-refractivity contribution in [1.29, 1.82) is 0 Å². The van der Waals surface area contributed by atoms with Crippen molar-refractivity contribution in [1.82, 2.24) is 30.0 Å². The monoisotopic (exact) mass is 432 g/mol. The maximum absolute atomic E-state index is 13.0. The van der Waals surface area contributed by atoms with Crippen molar-refractivity contribution in [2.24, 2.45) is 5.92 Å². The average Bonchev–Trinajstić information content (AvgIpc) is 3.50. The van der Waals surface area contributed by atoms with Crippen LogP contribution in [0.5, 0.6) is 0 Å². The molecule has 3 aromatic heterocycles. The second-order valence-electron chi connectivity index (χ2n) is 7.47. The fraction of sp³-hybridized carbons (Fsp3) is 0.273. The summed E-state index contributed by atoms with van der Waals surface area (Å²) in [6, 6.07) is 9.92. The summed E-state index contributed by atoms with van der Waals surface area (Å²) in [5.74, 6) is 1.23. The molecule has 156 valence electrons. The molecule has 8 nitrogen and oxygen atoms in total. The minimum absolute atomic E-state index is 0.0195. The number of rotatable bonds is 5. The molecule has 1 saturated heterocycles. The Labute approximate surface area is 183 Å². The van der Waals surface area contributed by atoms with Gasteiger partial charge in [0.15, 0.2) is 0 Å². The number of aromatic nitrogens is 5. The first-order valence-corrected chi connectivity index (χ1v) is 11.0. The number of hydrogen-bond donors (Lipinski definition) is 0. The number of carbonyl (C=O) groups is 1. The average molecular weight is 433 g/mol. The molecule has 1 aliphatic heterocycles. The van der Waals surface area contributed by atoms with Gasteiger partial charge in [-0.1, -0.05) is 35.5 Å². The van der Waals surface area contributed by atoms with Crippen molar-refractivity contribution in [3.05, 3.63) is 65.9 Å². The van der Waals surface area contributed by atoms with E-state index >= 15 is 0 Å². The van der Waals surface area contributed by atoms with Gasteiger partial charge in [-0.15, -0.1) is 11.3 Å². The molecule has 0 radical (unpaired) electrons. The number of nitrogens with zero attached hydrogens (tertiary/aromatic N) is 6. The van der Waals surface area contributed by atoms with Crippen LogP contribution in [0.1, 0.15) is 29.2 Å². The molecule has 0 spiro atoms. The van der Waals surface area contributed by atoms with Gasteiger partial charge in [0, 0.05) is 42.8 Å². The van der Waals surface area contributed by atoms with E-state index in [0.717, 1.165) is 30.0 Å². The Hall–Kier alpha value is -3.46. The number of carbonyl (C=O) groups excluding carboxylic acids is 1. The van der Waals surface area contributed by atoms with Crippen molar-refractivity contribution in [3.8, 4) is 22.1 Å². The number of piperidine rings is 1. The molecular weight excluding hydrogens is 412 g/mol. The summed E-state index contributed by atoms with van der Waals surface area (Å²) in [4.78, 5) is 32.2. The summed E-state index contributed by atoms with van der Waals surface area (Å²) >= 11 is 1.50. The van der Waals surface area contributed by atoms with Gasteiger partial charge in [-0.05, 0) is 18.8 Å². The molecule has 4 heterocycles. The second-order valence-corrected chi connectivity index (χ2v) is 8.33. The maximum atomic E-state index is 13.0. The van der Waals surface area contributed by atoms with Crippen molar-refractivity contribution in [2.75, 3.05) is 13.1 Å². The molecule has 0 N–H and O–H groups in total. The SMILES string of the molecule is O=C(c1csc(-c2ccccc2)n1)N1CCCC(Cc2nc(-c3cnccn3)no2)C1. The smallest absolute Gasteiger partial charge is 0.273 e. The molecule has 1 fully saturated rings. The van der Waals surface area contributed by atoms with Gasteiger partial charge in [-0.2, -0.15) is 4.98 Å². The van der Waals surface area contributed by atoms with Crippen LogP contribution in [0.25, 0.3) is 22.1 Å². The third-order valence-corrected chi connectivity index (χ3v) is 6.17. The molecule has 1 unspecified atom stereocenters. The van der Waals surface area contributed by atoms with E-state index < -0.39 is 0 Å². The van der Waals surface area contributed by atoms with E-state index in [2.05, 4.69) is 25.1 Å². The van der Waals surface area contributed by atoms with Crippen molar-refractivity contribution < 1.29 is 9.32 Å². The highest BCUT2D eigenvalue weighted by Crippen LogP contribution is 2.26. The Morgan fingerprint density at radius 3 is 2.94 bits per heavy atom. The Bertz CT molecular complexity index is 1160. The molecule has 0 aliphatic carbocycles. The van der Waals surface area contributed by atoms with Gasteiger partial charge in [0.1, 0.15) is 16.4 Å². The number of amides is 1. The van der Waals surface area contributed by atoms with E-state index in [9.17, 15) is 4.79 Å². The number of benzene rings is 1. The Morgan fingerprint density at radius 2 is 2.10 bits per heavy atom. The van der Waals surface area contributed by atoms with E-state index in [1.807, 2.05) is 40.6 Å². The zero-order valence-electron chi connectivity index (χ0n) is 16.7. The van der Waals surface area contributed by atoms with Crippen LogP contribution in [0.3, 0.4) is 0 Å². The van der Waals surface area contributed by atoms with E-state index in [1.54, 1.807) is 18.6 Å². The second kappa shape index (κ2) is 8.73. The maximum Gasteiger partial charge on any atom is 0.273 e. The number of thiazole rings is 1. The third kappa shape index (κ3) is 4.36. The van der Waals surface area contributed by atoms with Crippen LogP contribution in [-0.2, 0) is 6.42 Å². The third-order valence-electron chi connectivity index (χ3n) is 5.27. The molecule has 4 aromatic rings. The van der Waals surface area contributed by atoms with Gasteiger partial charge >= 0.3 is 0 Å². The summed E-state index contributed by atoms with van der Waals surface area (Å²) in [6.45, 7) is 1.39. The largest absolute Gasteiger partial charge is 0.339 e. The number of hydrogen-bond acceptors (Lipinski definition) is 8. The van der Waals surface area contributed by atoms with Crippen LogP contribution in [0.15, 0.2) is 58.8 Å². The summed E-state index contributed by atoms with van der Waals surface area (Å²) in [5.41, 5.74) is 2.11. The highest BCUT2D eigenvalue weighted by molar-refractivity contribution is 7.13. The normalized spacial score (nSPS) is 16.4. The fourth-order valence-corrected chi connectivity index (χ4v) is 4.57. The lowest BCUT2D eigenvalue weighted by Gasteiger charge is -2.31. The Kier molecular flexibility index (Phi) is 5.49. The Balaban J connectivity index is 1.24. The first-order chi connectivity index (χ1) is 15.3. The van der Waals surface area contributed by atoms with Gasteiger partial charge in [-0.25, -0.2) is 9.97 Å². The lowest BCUT2D eigenvalue weighted by molar-refractivity contribution is 0.0663. The quantitative estimate of drug-likeness (QED) is 0.474. The van der Waals surface area contributed by atoms with Crippen LogP contribution in [0, 0.1) is 5.92 Å². The van der Waals surface area contributed by atoms with E-state index in [4.69, 9.17) is 4.52 Å².